The fourth-order valence-corrected chi connectivity index (χ4v) is 0.913. The number of carbonyl (C=O) groups is 2. The molecule has 0 unspecified atom stereocenters. The molecule has 0 aromatic carbocycles. The summed E-state index contributed by atoms with van der Waals surface area (Å²) < 4.78 is 0. The van der Waals surface area contributed by atoms with Crippen molar-refractivity contribution in [3.05, 3.63) is 23.6 Å². The zero-order chi connectivity index (χ0) is 13.4. The first-order valence-electron chi connectivity index (χ1n) is 4.77. The number of rotatable bonds is 5. The Morgan fingerprint density at radius 2 is 2.18 bits per heavy atom. The van der Waals surface area contributed by atoms with E-state index < -0.39 is 6.03 Å². The molecule has 0 atom stereocenters. The van der Waals surface area contributed by atoms with Crippen molar-refractivity contribution in [2.24, 2.45) is 10.7 Å². The summed E-state index contributed by atoms with van der Waals surface area (Å²) >= 11 is 5.42. The quantitative estimate of drug-likeness (QED) is 0.440. The molecule has 0 saturated carbocycles. The zero-order valence-electron chi connectivity index (χ0n) is 9.68. The standard InChI is InChI=1S/C10H15ClN4O2/c1-7(2)14-10(17)15(6-16)9(4-12)5-13-8(3)11/h4-7H,3,12H2,1-2H3,(H,14,17)/b9-4+,13-5?. The van der Waals surface area contributed by atoms with Crippen LogP contribution in [0.3, 0.4) is 0 Å². The van der Waals surface area contributed by atoms with Crippen molar-refractivity contribution in [1.82, 2.24) is 10.2 Å². The van der Waals surface area contributed by atoms with Gasteiger partial charge < -0.3 is 11.1 Å². The van der Waals surface area contributed by atoms with Crippen LogP contribution in [0.25, 0.3) is 0 Å². The summed E-state index contributed by atoms with van der Waals surface area (Å²) in [6, 6.07) is -0.706. The Hall–Kier alpha value is -1.82. The van der Waals surface area contributed by atoms with Crippen molar-refractivity contribution < 1.29 is 9.59 Å². The van der Waals surface area contributed by atoms with Crippen LogP contribution in [0.5, 0.6) is 0 Å². The number of imide groups is 1. The molecule has 0 heterocycles. The van der Waals surface area contributed by atoms with Crippen LogP contribution in [0.15, 0.2) is 28.6 Å². The van der Waals surface area contributed by atoms with Gasteiger partial charge in [0.05, 0.1) is 11.9 Å². The maximum Gasteiger partial charge on any atom is 0.328 e. The molecule has 0 aliphatic heterocycles. The fourth-order valence-electron chi connectivity index (χ4n) is 0.864. The molecule has 0 radical (unpaired) electrons. The minimum absolute atomic E-state index is 0.0134. The summed E-state index contributed by atoms with van der Waals surface area (Å²) in [5.41, 5.74) is 5.39. The summed E-state index contributed by atoms with van der Waals surface area (Å²) in [7, 11) is 0. The second-order valence-corrected chi connectivity index (χ2v) is 3.74. The Bertz CT molecular complexity index is 363. The first-order chi connectivity index (χ1) is 7.92. The van der Waals surface area contributed by atoms with E-state index in [0.29, 0.717) is 6.41 Å². The van der Waals surface area contributed by atoms with Crippen LogP contribution in [0.1, 0.15) is 13.8 Å². The van der Waals surface area contributed by atoms with E-state index in [9.17, 15) is 9.59 Å². The minimum atomic E-state index is -0.599. The number of allylic oxidation sites excluding steroid dienone is 1. The lowest BCUT2D eigenvalue weighted by molar-refractivity contribution is -0.114. The number of carbonyl (C=O) groups excluding carboxylic acids is 2. The van der Waals surface area contributed by atoms with Gasteiger partial charge in [-0.1, -0.05) is 18.2 Å². The summed E-state index contributed by atoms with van der Waals surface area (Å²) in [6.07, 6.45) is 2.57. The molecule has 0 aromatic rings. The third-order valence-corrected chi connectivity index (χ3v) is 1.62. The summed E-state index contributed by atoms with van der Waals surface area (Å²) in [5.74, 6) is 0. The first-order valence-corrected chi connectivity index (χ1v) is 5.15. The summed E-state index contributed by atoms with van der Waals surface area (Å²) in [6.45, 7) is 6.86. The Morgan fingerprint density at radius 3 is 2.53 bits per heavy atom. The number of hydrogen-bond donors (Lipinski definition) is 2. The van der Waals surface area contributed by atoms with Gasteiger partial charge >= 0.3 is 6.03 Å². The van der Waals surface area contributed by atoms with Gasteiger partial charge in [-0.3, -0.25) is 4.79 Å². The Labute approximate surface area is 105 Å². The Morgan fingerprint density at radius 1 is 1.59 bits per heavy atom. The second-order valence-electron chi connectivity index (χ2n) is 3.31. The number of amides is 3. The normalized spacial score (nSPS) is 11.6. The molecule has 0 bridgehead atoms. The molecule has 94 valence electrons. The smallest absolute Gasteiger partial charge is 0.328 e. The molecule has 0 aromatic heterocycles. The monoisotopic (exact) mass is 258 g/mol. The number of nitrogens with one attached hydrogen (secondary N) is 1. The lowest BCUT2D eigenvalue weighted by Gasteiger charge is -2.18. The Kier molecular flexibility index (Phi) is 6.65. The van der Waals surface area contributed by atoms with E-state index in [1.54, 1.807) is 13.8 Å². The third kappa shape index (κ3) is 5.72. The van der Waals surface area contributed by atoms with E-state index in [1.807, 2.05) is 0 Å². The second kappa shape index (κ2) is 7.45. The van der Waals surface area contributed by atoms with E-state index in [1.165, 1.54) is 6.21 Å². The maximum absolute atomic E-state index is 11.6. The van der Waals surface area contributed by atoms with Crippen LogP contribution in [-0.4, -0.2) is 29.6 Å². The van der Waals surface area contributed by atoms with E-state index >= 15 is 0 Å². The van der Waals surface area contributed by atoms with Crippen molar-refractivity contribution in [1.29, 1.82) is 0 Å². The van der Waals surface area contributed by atoms with Gasteiger partial charge in [0.2, 0.25) is 6.41 Å². The van der Waals surface area contributed by atoms with E-state index in [4.69, 9.17) is 17.3 Å². The highest BCUT2D eigenvalue weighted by molar-refractivity contribution is 6.29. The number of nitrogens with zero attached hydrogens (tertiary/aromatic N) is 2. The van der Waals surface area contributed by atoms with Gasteiger partial charge in [-0.15, -0.1) is 0 Å². The number of halogens is 1. The van der Waals surface area contributed by atoms with Crippen LogP contribution < -0.4 is 11.1 Å². The SMILES string of the molecule is C=C(Cl)N=C/C(=C\N)N(C=O)C(=O)NC(C)C. The molecule has 0 fully saturated rings. The minimum Gasteiger partial charge on any atom is -0.403 e. The molecule has 0 aliphatic rings. The molecular weight excluding hydrogens is 244 g/mol. The van der Waals surface area contributed by atoms with Crippen molar-refractivity contribution in [3.8, 4) is 0 Å². The molecule has 0 saturated heterocycles. The highest BCUT2D eigenvalue weighted by atomic mass is 35.5. The average Bonchev–Trinajstić information content (AvgIpc) is 2.22. The lowest BCUT2D eigenvalue weighted by atomic mass is 10.4. The number of hydrogen-bond acceptors (Lipinski definition) is 4. The third-order valence-electron chi connectivity index (χ3n) is 1.52. The topological polar surface area (TPSA) is 87.8 Å². The van der Waals surface area contributed by atoms with E-state index in [2.05, 4.69) is 16.9 Å². The maximum atomic E-state index is 11.6. The van der Waals surface area contributed by atoms with Crippen molar-refractivity contribution in [2.45, 2.75) is 19.9 Å². The predicted octanol–water partition coefficient (Wildman–Crippen LogP) is 1.14. The highest BCUT2D eigenvalue weighted by Crippen LogP contribution is 2.02. The van der Waals surface area contributed by atoms with Gasteiger partial charge in [0.15, 0.2) is 0 Å². The molecule has 6 nitrogen and oxygen atoms in total. The number of urea groups is 1. The van der Waals surface area contributed by atoms with E-state index in [0.717, 1.165) is 11.1 Å². The Balaban J connectivity index is 4.90. The zero-order valence-corrected chi connectivity index (χ0v) is 10.4. The van der Waals surface area contributed by atoms with Crippen molar-refractivity contribution >= 4 is 30.3 Å². The molecule has 3 amide bonds. The molecule has 17 heavy (non-hydrogen) atoms. The fraction of sp³-hybridized carbons (Fsp3) is 0.300. The average molecular weight is 259 g/mol. The predicted molar refractivity (Wildman–Crippen MR) is 67.3 cm³/mol. The van der Waals surface area contributed by atoms with Crippen molar-refractivity contribution in [2.75, 3.05) is 0 Å². The van der Waals surface area contributed by atoms with Gasteiger partial charge in [-0.05, 0) is 13.8 Å². The van der Waals surface area contributed by atoms with Gasteiger partial charge in [0.25, 0.3) is 0 Å². The van der Waals surface area contributed by atoms with Crippen LogP contribution in [0.2, 0.25) is 0 Å². The van der Waals surface area contributed by atoms with Crippen LogP contribution in [0, 0.1) is 0 Å². The van der Waals surface area contributed by atoms with Gasteiger partial charge in [-0.2, -0.15) is 0 Å². The van der Waals surface area contributed by atoms with Crippen LogP contribution in [-0.2, 0) is 4.79 Å². The molecule has 7 heteroatoms. The van der Waals surface area contributed by atoms with Crippen molar-refractivity contribution in [3.63, 3.8) is 0 Å². The molecule has 3 N–H and O–H groups in total. The van der Waals surface area contributed by atoms with E-state index in [-0.39, 0.29) is 16.9 Å². The summed E-state index contributed by atoms with van der Waals surface area (Å²) in [4.78, 5) is 26.8. The van der Waals surface area contributed by atoms with Crippen LogP contribution >= 0.6 is 11.6 Å². The first kappa shape index (κ1) is 15.2. The molecule has 0 aliphatic carbocycles. The lowest BCUT2D eigenvalue weighted by Crippen LogP contribution is -2.42. The molecule has 0 rings (SSSR count). The van der Waals surface area contributed by atoms with Gasteiger partial charge in [0.1, 0.15) is 5.16 Å². The number of nitrogens with two attached hydrogens (primary N) is 1. The highest BCUT2D eigenvalue weighted by Gasteiger charge is 2.16. The van der Waals surface area contributed by atoms with Crippen LogP contribution in [0.4, 0.5) is 4.79 Å². The molecule has 0 spiro atoms. The van der Waals surface area contributed by atoms with Gasteiger partial charge in [-0.25, -0.2) is 14.7 Å². The number of aliphatic imine (C=N–C) groups is 1. The largest absolute Gasteiger partial charge is 0.403 e. The van der Waals surface area contributed by atoms with Gasteiger partial charge in [0, 0.05) is 12.2 Å². The molecular formula is C10H15ClN4O2. The summed E-state index contributed by atoms with van der Waals surface area (Å²) in [5, 5.41) is 2.55.